The Morgan fingerprint density at radius 2 is 2.26 bits per heavy atom. The summed E-state index contributed by atoms with van der Waals surface area (Å²) in [6.45, 7) is 2.41. The van der Waals surface area contributed by atoms with E-state index in [1.165, 1.54) is 6.07 Å². The topological polar surface area (TPSA) is 112 Å². The molecule has 0 atom stereocenters. The molecule has 2 aromatic heterocycles. The van der Waals surface area contributed by atoms with Crippen LogP contribution >= 0.6 is 15.9 Å². The number of nitrogens with zero attached hydrogens (tertiary/aromatic N) is 4. The summed E-state index contributed by atoms with van der Waals surface area (Å²) in [5.74, 6) is -0.518. The summed E-state index contributed by atoms with van der Waals surface area (Å²) in [6.07, 6.45) is 1.94. The Labute approximate surface area is 140 Å². The molecule has 0 radical (unpaired) electrons. The predicted octanol–water partition coefficient (Wildman–Crippen LogP) is 1.30. The van der Waals surface area contributed by atoms with Crippen LogP contribution in [0.15, 0.2) is 21.2 Å². The molecule has 10 heteroatoms. The molecule has 0 saturated heterocycles. The Morgan fingerprint density at radius 3 is 2.96 bits per heavy atom. The maximum Gasteiger partial charge on any atom is 0.325 e. The number of aromatic nitrogens is 4. The third-order valence-electron chi connectivity index (χ3n) is 2.88. The largest absolute Gasteiger partial charge is 0.456 e. The van der Waals surface area contributed by atoms with E-state index < -0.39 is 11.9 Å². The van der Waals surface area contributed by atoms with Gasteiger partial charge in [-0.2, -0.15) is 0 Å². The average Bonchev–Trinajstić information content (AvgIpc) is 3.17. The van der Waals surface area contributed by atoms with Crippen molar-refractivity contribution < 1.29 is 18.7 Å². The smallest absolute Gasteiger partial charge is 0.325 e. The van der Waals surface area contributed by atoms with Crippen LogP contribution in [0, 0.1) is 0 Å². The van der Waals surface area contributed by atoms with Crippen LogP contribution in [0.4, 0.5) is 0 Å². The molecular formula is C13H16BrN5O4. The van der Waals surface area contributed by atoms with Gasteiger partial charge in [-0.15, -0.1) is 5.10 Å². The third kappa shape index (κ3) is 5.16. The number of carbonyl (C=O) groups excluding carboxylic acids is 2. The molecule has 0 aliphatic carbocycles. The molecule has 0 bridgehead atoms. The van der Waals surface area contributed by atoms with E-state index in [0.29, 0.717) is 17.0 Å². The standard InChI is InChI=1S/C13H16BrN5O4/c1-2-3-6-19-11(16-17-18-19)8-22-12(20)7-15-13(21)9-4-5-10(14)23-9/h4-5H,2-3,6-8H2,1H3,(H,15,21). The van der Waals surface area contributed by atoms with Gasteiger partial charge >= 0.3 is 5.97 Å². The fourth-order valence-corrected chi connectivity index (χ4v) is 1.99. The second kappa shape index (κ2) is 8.42. The zero-order valence-corrected chi connectivity index (χ0v) is 14.1. The molecule has 2 aromatic rings. The van der Waals surface area contributed by atoms with Crippen LogP contribution in [0.1, 0.15) is 36.1 Å². The number of ether oxygens (including phenoxy) is 1. The van der Waals surface area contributed by atoms with Crippen molar-refractivity contribution in [3.8, 4) is 0 Å². The maximum atomic E-state index is 11.7. The van der Waals surface area contributed by atoms with Crippen LogP contribution in [0.5, 0.6) is 0 Å². The number of tetrazole rings is 1. The van der Waals surface area contributed by atoms with Gasteiger partial charge in [-0.05, 0) is 44.9 Å². The van der Waals surface area contributed by atoms with E-state index in [2.05, 4.69) is 43.7 Å². The number of furan rings is 1. The Morgan fingerprint density at radius 1 is 1.43 bits per heavy atom. The first-order chi connectivity index (χ1) is 11.1. The highest BCUT2D eigenvalue weighted by molar-refractivity contribution is 9.10. The lowest BCUT2D eigenvalue weighted by Gasteiger charge is -2.06. The summed E-state index contributed by atoms with van der Waals surface area (Å²) in [5, 5.41) is 13.6. The van der Waals surface area contributed by atoms with Gasteiger partial charge in [-0.1, -0.05) is 13.3 Å². The van der Waals surface area contributed by atoms with E-state index in [0.717, 1.165) is 12.8 Å². The molecule has 0 fully saturated rings. The highest BCUT2D eigenvalue weighted by Gasteiger charge is 2.13. The monoisotopic (exact) mass is 385 g/mol. The van der Waals surface area contributed by atoms with E-state index in [4.69, 9.17) is 9.15 Å². The number of hydrogen-bond donors (Lipinski definition) is 1. The van der Waals surface area contributed by atoms with E-state index in [-0.39, 0.29) is 18.9 Å². The minimum Gasteiger partial charge on any atom is -0.456 e. The van der Waals surface area contributed by atoms with Crippen molar-refractivity contribution >= 4 is 27.8 Å². The molecule has 23 heavy (non-hydrogen) atoms. The van der Waals surface area contributed by atoms with Gasteiger partial charge in [-0.3, -0.25) is 9.59 Å². The summed E-state index contributed by atoms with van der Waals surface area (Å²) in [7, 11) is 0. The molecule has 0 spiro atoms. The predicted molar refractivity (Wildman–Crippen MR) is 81.3 cm³/mol. The number of halogens is 1. The molecule has 0 aliphatic rings. The number of nitrogens with one attached hydrogen (secondary N) is 1. The van der Waals surface area contributed by atoms with Gasteiger partial charge in [0.15, 0.2) is 22.9 Å². The summed E-state index contributed by atoms with van der Waals surface area (Å²) in [4.78, 5) is 23.3. The van der Waals surface area contributed by atoms with Crippen molar-refractivity contribution in [3.05, 3.63) is 28.4 Å². The molecule has 9 nitrogen and oxygen atoms in total. The van der Waals surface area contributed by atoms with Gasteiger partial charge in [0.2, 0.25) is 0 Å². The molecule has 0 unspecified atom stereocenters. The normalized spacial score (nSPS) is 10.5. The molecule has 124 valence electrons. The van der Waals surface area contributed by atoms with Crippen molar-refractivity contribution in [1.29, 1.82) is 0 Å². The van der Waals surface area contributed by atoms with Gasteiger partial charge in [-0.25, -0.2) is 4.68 Å². The summed E-state index contributed by atoms with van der Waals surface area (Å²) in [6, 6.07) is 3.08. The fourth-order valence-electron chi connectivity index (χ4n) is 1.68. The Kier molecular flexibility index (Phi) is 6.27. The summed E-state index contributed by atoms with van der Waals surface area (Å²) in [5.41, 5.74) is 0. The number of amides is 1. The van der Waals surface area contributed by atoms with Crippen LogP contribution in [0.3, 0.4) is 0 Å². The Hall–Kier alpha value is -2.23. The lowest BCUT2D eigenvalue weighted by molar-refractivity contribution is -0.144. The zero-order valence-electron chi connectivity index (χ0n) is 12.5. The lowest BCUT2D eigenvalue weighted by Crippen LogP contribution is -2.30. The van der Waals surface area contributed by atoms with E-state index in [1.54, 1.807) is 10.7 Å². The molecule has 0 aliphatic heterocycles. The van der Waals surface area contributed by atoms with Crippen molar-refractivity contribution in [1.82, 2.24) is 25.5 Å². The van der Waals surface area contributed by atoms with Crippen LogP contribution in [0.25, 0.3) is 0 Å². The van der Waals surface area contributed by atoms with Gasteiger partial charge < -0.3 is 14.5 Å². The number of hydrogen-bond acceptors (Lipinski definition) is 7. The number of carbonyl (C=O) groups is 2. The third-order valence-corrected chi connectivity index (χ3v) is 3.31. The number of unbranched alkanes of at least 4 members (excludes halogenated alkanes) is 1. The van der Waals surface area contributed by atoms with E-state index >= 15 is 0 Å². The van der Waals surface area contributed by atoms with Crippen molar-refractivity contribution in [2.24, 2.45) is 0 Å². The number of rotatable bonds is 8. The van der Waals surface area contributed by atoms with Crippen LogP contribution in [-0.4, -0.2) is 38.6 Å². The van der Waals surface area contributed by atoms with Crippen LogP contribution in [-0.2, 0) is 22.7 Å². The van der Waals surface area contributed by atoms with Gasteiger partial charge in [0.1, 0.15) is 6.54 Å². The van der Waals surface area contributed by atoms with Crippen LogP contribution in [0.2, 0.25) is 0 Å². The van der Waals surface area contributed by atoms with Gasteiger partial charge in [0.05, 0.1) is 0 Å². The highest BCUT2D eigenvalue weighted by atomic mass is 79.9. The quantitative estimate of drug-likeness (QED) is 0.681. The van der Waals surface area contributed by atoms with Gasteiger partial charge in [0, 0.05) is 6.54 Å². The lowest BCUT2D eigenvalue weighted by atomic mass is 10.3. The second-order valence-electron chi connectivity index (χ2n) is 4.62. The van der Waals surface area contributed by atoms with Crippen LogP contribution < -0.4 is 5.32 Å². The van der Waals surface area contributed by atoms with Crippen molar-refractivity contribution in [3.63, 3.8) is 0 Å². The van der Waals surface area contributed by atoms with Crippen molar-refractivity contribution in [2.75, 3.05) is 6.54 Å². The minimum absolute atomic E-state index is 0.0439. The maximum absolute atomic E-state index is 11.7. The molecule has 0 aromatic carbocycles. The zero-order chi connectivity index (χ0) is 16.7. The second-order valence-corrected chi connectivity index (χ2v) is 5.40. The molecule has 2 heterocycles. The first-order valence-electron chi connectivity index (χ1n) is 7.04. The van der Waals surface area contributed by atoms with Gasteiger partial charge in [0.25, 0.3) is 5.91 Å². The average molecular weight is 386 g/mol. The molecular weight excluding hydrogens is 370 g/mol. The SMILES string of the molecule is CCCCn1nnnc1COC(=O)CNC(=O)c1ccc(Br)o1. The van der Waals surface area contributed by atoms with Crippen molar-refractivity contribution in [2.45, 2.75) is 32.9 Å². The molecule has 1 N–H and O–H groups in total. The Balaban J connectivity index is 1.75. The molecule has 2 rings (SSSR count). The summed E-state index contributed by atoms with van der Waals surface area (Å²) < 4.78 is 12.1. The molecule has 0 saturated carbocycles. The first kappa shape index (κ1) is 17.1. The number of esters is 1. The summed E-state index contributed by atoms with van der Waals surface area (Å²) >= 11 is 3.09. The Bertz CT molecular complexity index is 669. The van der Waals surface area contributed by atoms with E-state index in [9.17, 15) is 9.59 Å². The minimum atomic E-state index is -0.589. The molecule has 1 amide bonds. The highest BCUT2D eigenvalue weighted by Crippen LogP contribution is 2.13. The number of aryl methyl sites for hydroxylation is 1. The first-order valence-corrected chi connectivity index (χ1v) is 7.83. The van der Waals surface area contributed by atoms with E-state index in [1.807, 2.05) is 0 Å². The fraction of sp³-hybridized carbons (Fsp3) is 0.462.